The van der Waals surface area contributed by atoms with Gasteiger partial charge < -0.3 is 10.4 Å². The molecule has 0 bridgehead atoms. The Morgan fingerprint density at radius 1 is 1.24 bits per heavy atom. The lowest BCUT2D eigenvalue weighted by Gasteiger charge is -2.14. The van der Waals surface area contributed by atoms with E-state index in [4.69, 9.17) is 0 Å². The Morgan fingerprint density at radius 3 is 2.33 bits per heavy atom. The van der Waals surface area contributed by atoms with Crippen molar-refractivity contribution < 1.29 is 14.7 Å². The number of hydrogen-bond donors (Lipinski definition) is 2. The number of carbonyl (C=O) groups excluding carboxylic acids is 1. The second kappa shape index (κ2) is 6.72. The summed E-state index contributed by atoms with van der Waals surface area (Å²) in [5.74, 6) is -1.50. The third-order valence-electron chi connectivity index (χ3n) is 2.90. The average Bonchev–Trinajstić information content (AvgIpc) is 2.73. The second-order valence-electron chi connectivity index (χ2n) is 4.30. The van der Waals surface area contributed by atoms with Crippen LogP contribution in [0.4, 0.5) is 0 Å². The lowest BCUT2D eigenvalue weighted by atomic mass is 10.1. The van der Waals surface area contributed by atoms with Crippen molar-refractivity contribution in [1.29, 1.82) is 0 Å². The van der Waals surface area contributed by atoms with Gasteiger partial charge in [-0.1, -0.05) is 30.3 Å². The van der Waals surface area contributed by atoms with E-state index in [-0.39, 0.29) is 0 Å². The summed E-state index contributed by atoms with van der Waals surface area (Å²) in [6, 6.07) is 7.54. The van der Waals surface area contributed by atoms with Gasteiger partial charge in [-0.15, -0.1) is 11.3 Å². The SMILES string of the molecule is Cc1c(C(=O)NC(C(=O)O)c2ccccc2)sc(Br)c1Br. The zero-order chi connectivity index (χ0) is 15.6. The minimum atomic E-state index is -1.10. The maximum atomic E-state index is 12.3. The molecule has 0 aliphatic carbocycles. The minimum absolute atomic E-state index is 0.403. The van der Waals surface area contributed by atoms with E-state index in [0.717, 1.165) is 13.8 Å². The molecule has 21 heavy (non-hydrogen) atoms. The number of carboxylic acids is 1. The maximum Gasteiger partial charge on any atom is 0.330 e. The molecule has 0 aliphatic rings. The molecule has 2 N–H and O–H groups in total. The summed E-state index contributed by atoms with van der Waals surface area (Å²) in [4.78, 5) is 24.2. The molecule has 7 heteroatoms. The number of aliphatic carboxylic acids is 1. The number of thiophene rings is 1. The highest BCUT2D eigenvalue weighted by atomic mass is 79.9. The quantitative estimate of drug-likeness (QED) is 0.762. The molecule has 1 atom stereocenters. The van der Waals surface area contributed by atoms with Crippen LogP contribution >= 0.6 is 43.2 Å². The molecule has 1 amide bonds. The Balaban J connectivity index is 2.27. The van der Waals surface area contributed by atoms with Gasteiger partial charge in [-0.2, -0.15) is 0 Å². The lowest BCUT2D eigenvalue weighted by Crippen LogP contribution is -2.33. The molecule has 1 heterocycles. The fraction of sp³-hybridized carbons (Fsp3) is 0.143. The molecule has 0 saturated carbocycles. The first-order chi connectivity index (χ1) is 9.91. The topological polar surface area (TPSA) is 66.4 Å². The van der Waals surface area contributed by atoms with Gasteiger partial charge in [-0.25, -0.2) is 4.79 Å². The van der Waals surface area contributed by atoms with E-state index in [2.05, 4.69) is 37.2 Å². The van der Waals surface area contributed by atoms with Crippen LogP contribution in [0.1, 0.15) is 26.8 Å². The van der Waals surface area contributed by atoms with Gasteiger partial charge in [0.1, 0.15) is 0 Å². The van der Waals surface area contributed by atoms with Crippen LogP contribution in [0.2, 0.25) is 0 Å². The van der Waals surface area contributed by atoms with Crippen molar-refractivity contribution in [3.05, 3.63) is 54.6 Å². The first-order valence-corrected chi connectivity index (χ1v) is 8.35. The highest BCUT2D eigenvalue weighted by Gasteiger charge is 2.25. The maximum absolute atomic E-state index is 12.3. The van der Waals surface area contributed by atoms with Crippen LogP contribution in [0.5, 0.6) is 0 Å². The number of nitrogens with one attached hydrogen (secondary N) is 1. The summed E-state index contributed by atoms with van der Waals surface area (Å²) in [7, 11) is 0. The average molecular weight is 433 g/mol. The van der Waals surface area contributed by atoms with Gasteiger partial charge in [0, 0.05) is 4.47 Å². The molecule has 2 aromatic rings. The van der Waals surface area contributed by atoms with Crippen molar-refractivity contribution in [2.45, 2.75) is 13.0 Å². The molecule has 0 saturated heterocycles. The van der Waals surface area contributed by atoms with Crippen LogP contribution in [-0.4, -0.2) is 17.0 Å². The zero-order valence-corrected chi connectivity index (χ0v) is 14.9. The largest absolute Gasteiger partial charge is 0.479 e. The minimum Gasteiger partial charge on any atom is -0.479 e. The van der Waals surface area contributed by atoms with Crippen LogP contribution in [0.3, 0.4) is 0 Å². The number of carboxylic acid groups (broad SMARTS) is 1. The lowest BCUT2D eigenvalue weighted by molar-refractivity contribution is -0.139. The molecule has 2 rings (SSSR count). The second-order valence-corrected chi connectivity index (χ2v) is 7.43. The molecule has 110 valence electrons. The van der Waals surface area contributed by atoms with Crippen molar-refractivity contribution in [3.63, 3.8) is 0 Å². The van der Waals surface area contributed by atoms with Gasteiger partial charge in [-0.3, -0.25) is 4.79 Å². The third kappa shape index (κ3) is 3.53. The molecule has 1 unspecified atom stereocenters. The monoisotopic (exact) mass is 431 g/mol. The van der Waals surface area contributed by atoms with E-state index in [1.807, 2.05) is 0 Å². The summed E-state index contributed by atoms with van der Waals surface area (Å²) in [6.45, 7) is 1.80. The standard InChI is InChI=1S/C14H11Br2NO3S/c1-7-9(15)12(16)21-11(7)13(18)17-10(14(19)20)8-5-3-2-4-6-8/h2-6,10H,1H3,(H,17,18)(H,19,20). The Labute approximate surface area is 142 Å². The molecular weight excluding hydrogens is 422 g/mol. The number of hydrogen-bond acceptors (Lipinski definition) is 3. The molecule has 0 spiro atoms. The number of benzene rings is 1. The van der Waals surface area contributed by atoms with Crippen LogP contribution in [0.25, 0.3) is 0 Å². The van der Waals surface area contributed by atoms with Gasteiger partial charge in [0.25, 0.3) is 5.91 Å². The highest BCUT2D eigenvalue weighted by Crippen LogP contribution is 2.37. The number of carbonyl (C=O) groups is 2. The van der Waals surface area contributed by atoms with E-state index in [1.54, 1.807) is 37.3 Å². The molecule has 0 aliphatic heterocycles. The van der Waals surface area contributed by atoms with Crippen molar-refractivity contribution in [1.82, 2.24) is 5.32 Å². The molecule has 0 fully saturated rings. The van der Waals surface area contributed by atoms with E-state index in [0.29, 0.717) is 10.4 Å². The van der Waals surface area contributed by atoms with Crippen LogP contribution in [0.15, 0.2) is 38.6 Å². The molecule has 0 radical (unpaired) electrons. The first-order valence-electron chi connectivity index (χ1n) is 5.94. The first kappa shape index (κ1) is 16.2. The Morgan fingerprint density at radius 2 is 1.86 bits per heavy atom. The third-order valence-corrected chi connectivity index (χ3v) is 6.64. The van der Waals surface area contributed by atoms with Gasteiger partial charge in [0.2, 0.25) is 0 Å². The Bertz CT molecular complexity index is 685. The van der Waals surface area contributed by atoms with Crippen molar-refractivity contribution in [3.8, 4) is 0 Å². The number of rotatable bonds is 4. The zero-order valence-electron chi connectivity index (χ0n) is 10.9. The van der Waals surface area contributed by atoms with Crippen LogP contribution in [-0.2, 0) is 4.79 Å². The Kier molecular flexibility index (Phi) is 5.18. The van der Waals surface area contributed by atoms with Crippen molar-refractivity contribution in [2.75, 3.05) is 0 Å². The van der Waals surface area contributed by atoms with Crippen LogP contribution in [0, 0.1) is 6.92 Å². The molecule has 1 aromatic carbocycles. The summed E-state index contributed by atoms with van der Waals surface area (Å²) in [6.07, 6.45) is 0. The summed E-state index contributed by atoms with van der Waals surface area (Å²) < 4.78 is 1.61. The van der Waals surface area contributed by atoms with Crippen molar-refractivity contribution in [2.24, 2.45) is 0 Å². The molecule has 4 nitrogen and oxygen atoms in total. The molecular formula is C14H11Br2NO3S. The van der Waals surface area contributed by atoms with E-state index in [9.17, 15) is 14.7 Å². The van der Waals surface area contributed by atoms with E-state index >= 15 is 0 Å². The van der Waals surface area contributed by atoms with Gasteiger partial charge in [0.15, 0.2) is 6.04 Å². The van der Waals surface area contributed by atoms with Gasteiger partial charge in [0.05, 0.1) is 8.66 Å². The summed E-state index contributed by atoms with van der Waals surface area (Å²) in [5.41, 5.74) is 1.31. The van der Waals surface area contributed by atoms with Gasteiger partial charge >= 0.3 is 5.97 Å². The molecule has 1 aromatic heterocycles. The van der Waals surface area contributed by atoms with E-state index in [1.165, 1.54) is 11.3 Å². The summed E-state index contributed by atoms with van der Waals surface area (Å²) >= 11 is 7.99. The predicted octanol–water partition coefficient (Wildman–Crippen LogP) is 4.14. The predicted molar refractivity (Wildman–Crippen MR) is 88.7 cm³/mol. The smallest absolute Gasteiger partial charge is 0.330 e. The number of halogens is 2. The van der Waals surface area contributed by atoms with E-state index < -0.39 is 17.9 Å². The normalized spacial score (nSPS) is 12.0. The Hall–Kier alpha value is -1.18. The highest BCUT2D eigenvalue weighted by molar-refractivity contribution is 9.13. The van der Waals surface area contributed by atoms with Gasteiger partial charge in [-0.05, 0) is 49.9 Å². The fourth-order valence-electron chi connectivity index (χ4n) is 1.80. The number of amides is 1. The van der Waals surface area contributed by atoms with Crippen LogP contribution < -0.4 is 5.32 Å². The fourth-order valence-corrected chi connectivity index (χ4v) is 3.99. The summed E-state index contributed by atoms with van der Waals surface area (Å²) in [5, 5.41) is 11.9. The van der Waals surface area contributed by atoms with Crippen molar-refractivity contribution >= 4 is 55.1 Å².